The first kappa shape index (κ1) is 17.5. The summed E-state index contributed by atoms with van der Waals surface area (Å²) in [5.74, 6) is 0.509. The van der Waals surface area contributed by atoms with Gasteiger partial charge in [-0.15, -0.1) is 11.3 Å². The SMILES string of the molecule is Cc1c(C(=O)OCC2CCCCC2)[nH]c2c1C(=O)C[C@@H](c1cccs1)C2. The molecule has 1 saturated carbocycles. The van der Waals surface area contributed by atoms with Crippen LogP contribution in [0.25, 0.3) is 0 Å². The van der Waals surface area contributed by atoms with E-state index in [0.29, 0.717) is 30.2 Å². The molecule has 138 valence electrons. The zero-order valence-electron chi connectivity index (χ0n) is 15.2. The average Bonchev–Trinajstić information content (AvgIpc) is 3.29. The summed E-state index contributed by atoms with van der Waals surface area (Å²) >= 11 is 1.69. The minimum Gasteiger partial charge on any atom is -0.461 e. The van der Waals surface area contributed by atoms with Gasteiger partial charge in [-0.05, 0) is 49.1 Å². The zero-order valence-corrected chi connectivity index (χ0v) is 16.0. The number of ketones is 1. The second-order valence-electron chi connectivity index (χ2n) is 7.62. The fourth-order valence-electron chi connectivity index (χ4n) is 4.38. The summed E-state index contributed by atoms with van der Waals surface area (Å²) in [4.78, 5) is 29.7. The van der Waals surface area contributed by atoms with E-state index in [0.717, 1.165) is 30.5 Å². The van der Waals surface area contributed by atoms with Crippen LogP contribution in [-0.2, 0) is 11.2 Å². The maximum Gasteiger partial charge on any atom is 0.355 e. The van der Waals surface area contributed by atoms with E-state index >= 15 is 0 Å². The van der Waals surface area contributed by atoms with E-state index in [1.807, 2.05) is 18.4 Å². The van der Waals surface area contributed by atoms with Gasteiger partial charge in [-0.2, -0.15) is 0 Å². The Hall–Kier alpha value is -1.88. The Balaban J connectivity index is 1.49. The molecule has 2 aromatic rings. The molecular weight excluding hydrogens is 346 g/mol. The molecule has 2 heterocycles. The van der Waals surface area contributed by atoms with E-state index in [-0.39, 0.29) is 17.7 Å². The van der Waals surface area contributed by atoms with Crippen molar-refractivity contribution in [2.45, 2.75) is 57.8 Å². The number of esters is 1. The number of Topliss-reactive ketones (excluding diaryl/α,β-unsaturated/α-hetero) is 1. The van der Waals surface area contributed by atoms with Crippen molar-refractivity contribution < 1.29 is 14.3 Å². The number of rotatable bonds is 4. The number of hydrogen-bond acceptors (Lipinski definition) is 4. The summed E-state index contributed by atoms with van der Waals surface area (Å²) < 4.78 is 5.58. The number of nitrogens with one attached hydrogen (secondary N) is 1. The van der Waals surface area contributed by atoms with Crippen molar-refractivity contribution in [3.63, 3.8) is 0 Å². The number of hydrogen-bond donors (Lipinski definition) is 1. The second kappa shape index (κ2) is 7.39. The number of aromatic nitrogens is 1. The number of thiophene rings is 1. The number of carbonyl (C=O) groups is 2. The molecule has 0 unspecified atom stereocenters. The first-order chi connectivity index (χ1) is 12.6. The van der Waals surface area contributed by atoms with Crippen LogP contribution in [0.2, 0.25) is 0 Å². The van der Waals surface area contributed by atoms with E-state index in [9.17, 15) is 9.59 Å². The fourth-order valence-corrected chi connectivity index (χ4v) is 5.21. The lowest BCUT2D eigenvalue weighted by molar-refractivity contribution is 0.0403. The molecule has 0 bridgehead atoms. The Kier molecular flexibility index (Phi) is 4.98. The lowest BCUT2D eigenvalue weighted by Gasteiger charge is -2.20. The third kappa shape index (κ3) is 3.37. The normalized spacial score (nSPS) is 20.8. The Morgan fingerprint density at radius 3 is 2.81 bits per heavy atom. The predicted molar refractivity (Wildman–Crippen MR) is 102 cm³/mol. The van der Waals surface area contributed by atoms with Crippen LogP contribution in [0.5, 0.6) is 0 Å². The van der Waals surface area contributed by atoms with Gasteiger partial charge in [-0.1, -0.05) is 25.3 Å². The molecule has 1 atom stereocenters. The lowest BCUT2D eigenvalue weighted by Crippen LogP contribution is -2.18. The highest BCUT2D eigenvalue weighted by Crippen LogP contribution is 2.36. The molecule has 2 aliphatic rings. The van der Waals surface area contributed by atoms with Crippen LogP contribution in [0.15, 0.2) is 17.5 Å². The fraction of sp³-hybridized carbons (Fsp3) is 0.524. The zero-order chi connectivity index (χ0) is 18.1. The molecule has 0 aliphatic heterocycles. The predicted octanol–water partition coefficient (Wildman–Crippen LogP) is 5.03. The van der Waals surface area contributed by atoms with Gasteiger partial charge in [0.15, 0.2) is 5.78 Å². The Bertz CT molecular complexity index is 800. The van der Waals surface area contributed by atoms with E-state index in [2.05, 4.69) is 11.1 Å². The molecule has 1 N–H and O–H groups in total. The number of fused-ring (bicyclic) bond motifs is 1. The van der Waals surface area contributed by atoms with Crippen LogP contribution in [0, 0.1) is 12.8 Å². The van der Waals surface area contributed by atoms with Gasteiger partial charge in [0.05, 0.1) is 6.61 Å². The van der Waals surface area contributed by atoms with E-state index in [1.165, 1.54) is 24.1 Å². The molecule has 26 heavy (non-hydrogen) atoms. The largest absolute Gasteiger partial charge is 0.461 e. The number of H-pyrrole nitrogens is 1. The van der Waals surface area contributed by atoms with E-state index in [4.69, 9.17) is 4.74 Å². The number of carbonyl (C=O) groups excluding carboxylic acids is 2. The molecule has 4 nitrogen and oxygen atoms in total. The summed E-state index contributed by atoms with van der Waals surface area (Å²) in [6, 6.07) is 4.11. The minimum absolute atomic E-state index is 0.129. The maximum atomic E-state index is 12.7. The molecule has 0 aromatic carbocycles. The van der Waals surface area contributed by atoms with Crippen molar-refractivity contribution in [3.05, 3.63) is 44.9 Å². The number of ether oxygens (including phenoxy) is 1. The standard InChI is InChI=1S/C21H25NO3S/c1-13-19-16(10-15(11-17(19)23)18-8-5-9-26-18)22-20(13)21(24)25-12-14-6-3-2-4-7-14/h5,8-9,14-15,22H,2-4,6-7,10-12H2,1H3/t15-/m0/s1. The quantitative estimate of drug-likeness (QED) is 0.767. The molecule has 1 fully saturated rings. The summed E-state index contributed by atoms with van der Waals surface area (Å²) in [6.07, 6.45) is 7.35. The molecule has 4 rings (SSSR count). The molecule has 0 radical (unpaired) electrons. The van der Waals surface area contributed by atoms with Gasteiger partial charge in [-0.3, -0.25) is 4.79 Å². The van der Waals surface area contributed by atoms with Crippen LogP contribution >= 0.6 is 11.3 Å². The second-order valence-corrected chi connectivity index (χ2v) is 8.60. The van der Waals surface area contributed by atoms with E-state index in [1.54, 1.807) is 11.3 Å². The van der Waals surface area contributed by atoms with Crippen LogP contribution in [-0.4, -0.2) is 23.3 Å². The maximum absolute atomic E-state index is 12.7. The molecule has 0 spiro atoms. The van der Waals surface area contributed by atoms with E-state index < -0.39 is 0 Å². The third-order valence-corrected chi connectivity index (χ3v) is 6.85. The summed E-state index contributed by atoms with van der Waals surface area (Å²) in [5, 5.41) is 2.04. The van der Waals surface area contributed by atoms with Crippen LogP contribution < -0.4 is 0 Å². The van der Waals surface area contributed by atoms with Crippen LogP contribution in [0.4, 0.5) is 0 Å². The first-order valence-electron chi connectivity index (χ1n) is 9.58. The van der Waals surface area contributed by atoms with Crippen molar-refractivity contribution in [2.24, 2.45) is 5.92 Å². The molecular formula is C21H25NO3S. The highest BCUT2D eigenvalue weighted by molar-refractivity contribution is 7.10. The number of aromatic amines is 1. The van der Waals surface area contributed by atoms with Crippen molar-refractivity contribution >= 4 is 23.1 Å². The summed E-state index contributed by atoms with van der Waals surface area (Å²) in [7, 11) is 0. The molecule has 2 aliphatic carbocycles. The van der Waals surface area contributed by atoms with Gasteiger partial charge in [0.2, 0.25) is 0 Å². The van der Waals surface area contributed by atoms with Crippen LogP contribution in [0.3, 0.4) is 0 Å². The van der Waals surface area contributed by atoms with Crippen molar-refractivity contribution in [1.29, 1.82) is 0 Å². The van der Waals surface area contributed by atoms with Crippen molar-refractivity contribution in [2.75, 3.05) is 6.61 Å². The Morgan fingerprint density at radius 1 is 1.27 bits per heavy atom. The van der Waals surface area contributed by atoms with Crippen molar-refractivity contribution in [1.82, 2.24) is 4.98 Å². The summed E-state index contributed by atoms with van der Waals surface area (Å²) in [6.45, 7) is 2.35. The topological polar surface area (TPSA) is 59.2 Å². The van der Waals surface area contributed by atoms with Gasteiger partial charge >= 0.3 is 5.97 Å². The third-order valence-electron chi connectivity index (χ3n) is 5.81. The molecule has 0 saturated heterocycles. The van der Waals surface area contributed by atoms with Crippen molar-refractivity contribution in [3.8, 4) is 0 Å². The Labute approximate surface area is 158 Å². The molecule has 5 heteroatoms. The summed E-state index contributed by atoms with van der Waals surface area (Å²) in [5.41, 5.74) is 2.82. The van der Waals surface area contributed by atoms with Crippen LogP contribution in [0.1, 0.15) is 81.4 Å². The smallest absolute Gasteiger partial charge is 0.355 e. The van der Waals surface area contributed by atoms with Gasteiger partial charge in [0.25, 0.3) is 0 Å². The minimum atomic E-state index is -0.317. The highest BCUT2D eigenvalue weighted by Gasteiger charge is 2.32. The van der Waals surface area contributed by atoms with Gasteiger partial charge in [0.1, 0.15) is 5.69 Å². The molecule has 2 aromatic heterocycles. The van der Waals surface area contributed by atoms with Gasteiger partial charge < -0.3 is 9.72 Å². The Morgan fingerprint density at radius 2 is 2.08 bits per heavy atom. The molecule has 0 amide bonds. The monoisotopic (exact) mass is 371 g/mol. The highest BCUT2D eigenvalue weighted by atomic mass is 32.1. The van der Waals surface area contributed by atoms with Gasteiger partial charge in [0, 0.05) is 28.5 Å². The first-order valence-corrected chi connectivity index (χ1v) is 10.5. The lowest BCUT2D eigenvalue weighted by atomic mass is 9.84. The van der Waals surface area contributed by atoms with Gasteiger partial charge in [-0.25, -0.2) is 4.79 Å². The average molecular weight is 372 g/mol.